The summed E-state index contributed by atoms with van der Waals surface area (Å²) in [7, 11) is 0. The molecule has 6 nitrogen and oxygen atoms in total. The molecule has 0 bridgehead atoms. The Morgan fingerprint density at radius 1 is 1.31 bits per heavy atom. The van der Waals surface area contributed by atoms with E-state index in [9.17, 15) is 23.3 Å². The Kier molecular flexibility index (Phi) is 6.70. The molecule has 1 aliphatic rings. The maximum absolute atomic E-state index is 12.9. The van der Waals surface area contributed by atoms with Gasteiger partial charge in [-0.15, -0.1) is 0 Å². The van der Waals surface area contributed by atoms with Gasteiger partial charge in [-0.2, -0.15) is 13.2 Å². The Morgan fingerprint density at radius 3 is 2.42 bits per heavy atom. The molecule has 26 heavy (non-hydrogen) atoms. The van der Waals surface area contributed by atoms with E-state index in [1.807, 2.05) is 6.92 Å². The third-order valence-corrected chi connectivity index (χ3v) is 4.97. The minimum Gasteiger partial charge on any atom is -0.378 e. The predicted molar refractivity (Wildman–Crippen MR) is 94.7 cm³/mol. The fourth-order valence-corrected chi connectivity index (χ4v) is 3.25. The fraction of sp³-hybridized carbons (Fsp3) is 0.625. The first-order valence-electron chi connectivity index (χ1n) is 8.38. The average Bonchev–Trinajstić information content (AvgIpc) is 2.58. The van der Waals surface area contributed by atoms with Crippen LogP contribution in [-0.2, 0) is 6.18 Å². The summed E-state index contributed by atoms with van der Waals surface area (Å²) in [5.41, 5.74) is -1.85. The fourth-order valence-electron chi connectivity index (χ4n) is 2.98. The number of rotatable bonds is 6. The molecule has 1 aliphatic heterocycles. The normalized spacial score (nSPS) is 17.9. The summed E-state index contributed by atoms with van der Waals surface area (Å²) >= 11 is 5.69. The van der Waals surface area contributed by atoms with Crippen molar-refractivity contribution in [1.82, 2.24) is 9.80 Å². The van der Waals surface area contributed by atoms with E-state index in [0.29, 0.717) is 12.6 Å². The van der Waals surface area contributed by atoms with Crippen molar-refractivity contribution in [2.24, 2.45) is 0 Å². The first-order chi connectivity index (χ1) is 12.1. The standard InChI is InChI=1S/C16H22ClF3N4O2/c1-3-22-4-6-23(7-5-22)11(2)10-21-14-9-13(17)12(16(18,19)20)8-15(14)24(25)26/h8-9,11,21H,3-7,10H2,1-2H3. The van der Waals surface area contributed by atoms with Gasteiger partial charge in [-0.3, -0.25) is 15.0 Å². The molecule has 1 unspecified atom stereocenters. The van der Waals surface area contributed by atoms with E-state index in [0.717, 1.165) is 38.8 Å². The van der Waals surface area contributed by atoms with Crippen LogP contribution in [0.4, 0.5) is 24.5 Å². The van der Waals surface area contributed by atoms with E-state index in [1.54, 1.807) is 0 Å². The molecular weight excluding hydrogens is 373 g/mol. The van der Waals surface area contributed by atoms with Gasteiger partial charge < -0.3 is 10.2 Å². The largest absolute Gasteiger partial charge is 0.418 e. The molecule has 0 saturated carbocycles. The van der Waals surface area contributed by atoms with Gasteiger partial charge >= 0.3 is 6.18 Å². The number of anilines is 1. The number of halogens is 4. The number of piperazine rings is 1. The molecule has 0 amide bonds. The van der Waals surface area contributed by atoms with Crippen LogP contribution in [0.1, 0.15) is 19.4 Å². The number of hydrogen-bond acceptors (Lipinski definition) is 5. The van der Waals surface area contributed by atoms with Crippen molar-refractivity contribution >= 4 is 23.0 Å². The highest BCUT2D eigenvalue weighted by Crippen LogP contribution is 2.40. The van der Waals surface area contributed by atoms with Crippen molar-refractivity contribution in [1.29, 1.82) is 0 Å². The average molecular weight is 395 g/mol. The molecule has 1 atom stereocenters. The SMILES string of the molecule is CCN1CCN(C(C)CNc2cc(Cl)c(C(F)(F)F)cc2[N+](=O)[O-])CC1. The number of nitrogens with zero attached hydrogens (tertiary/aromatic N) is 3. The van der Waals surface area contributed by atoms with Crippen molar-refractivity contribution < 1.29 is 18.1 Å². The first-order valence-corrected chi connectivity index (χ1v) is 8.76. The summed E-state index contributed by atoms with van der Waals surface area (Å²) < 4.78 is 38.7. The molecule has 0 radical (unpaired) electrons. The van der Waals surface area contributed by atoms with Gasteiger partial charge in [-0.25, -0.2) is 0 Å². The summed E-state index contributed by atoms with van der Waals surface area (Å²) in [4.78, 5) is 14.9. The molecule has 1 aromatic rings. The second-order valence-corrected chi connectivity index (χ2v) is 6.71. The van der Waals surface area contributed by atoms with Crippen LogP contribution in [0.5, 0.6) is 0 Å². The maximum Gasteiger partial charge on any atom is 0.418 e. The van der Waals surface area contributed by atoms with Crippen LogP contribution in [0.25, 0.3) is 0 Å². The van der Waals surface area contributed by atoms with Crippen molar-refractivity contribution in [3.63, 3.8) is 0 Å². The second-order valence-electron chi connectivity index (χ2n) is 6.30. The van der Waals surface area contributed by atoms with Crippen LogP contribution >= 0.6 is 11.6 Å². The Labute approximate surface area is 155 Å². The number of nitro groups is 1. The maximum atomic E-state index is 12.9. The lowest BCUT2D eigenvalue weighted by Gasteiger charge is -2.37. The summed E-state index contributed by atoms with van der Waals surface area (Å²) in [6.45, 7) is 9.12. The van der Waals surface area contributed by atoms with Crippen molar-refractivity contribution in [2.45, 2.75) is 26.1 Å². The van der Waals surface area contributed by atoms with E-state index in [4.69, 9.17) is 11.6 Å². The molecule has 0 aliphatic carbocycles. The Morgan fingerprint density at radius 2 is 1.92 bits per heavy atom. The number of likely N-dealkylation sites (N-methyl/N-ethyl adjacent to an activating group) is 1. The van der Waals surface area contributed by atoms with Crippen LogP contribution in [0.15, 0.2) is 12.1 Å². The van der Waals surface area contributed by atoms with Crippen LogP contribution in [0.3, 0.4) is 0 Å². The molecule has 0 aromatic heterocycles. The zero-order chi connectivity index (χ0) is 19.5. The molecule has 2 rings (SSSR count). The monoisotopic (exact) mass is 394 g/mol. The van der Waals surface area contributed by atoms with Gasteiger partial charge in [0.2, 0.25) is 0 Å². The minimum atomic E-state index is -4.74. The molecule has 1 fully saturated rings. The van der Waals surface area contributed by atoms with Gasteiger partial charge in [0.05, 0.1) is 15.5 Å². The quantitative estimate of drug-likeness (QED) is 0.588. The number of nitro benzene ring substituents is 1. The van der Waals surface area contributed by atoms with Gasteiger partial charge in [-0.05, 0) is 19.5 Å². The lowest BCUT2D eigenvalue weighted by Crippen LogP contribution is -2.51. The first kappa shape index (κ1) is 20.7. The summed E-state index contributed by atoms with van der Waals surface area (Å²) in [6, 6.07) is 1.54. The lowest BCUT2D eigenvalue weighted by molar-refractivity contribution is -0.384. The number of benzene rings is 1. The second kappa shape index (κ2) is 8.41. The number of hydrogen-bond donors (Lipinski definition) is 1. The Bertz CT molecular complexity index is 649. The van der Waals surface area contributed by atoms with E-state index in [2.05, 4.69) is 22.0 Å². The molecule has 146 valence electrons. The number of nitrogens with one attached hydrogen (secondary N) is 1. The van der Waals surface area contributed by atoms with Gasteiger partial charge in [0.15, 0.2) is 0 Å². The van der Waals surface area contributed by atoms with Crippen LogP contribution in [-0.4, -0.2) is 60.0 Å². The smallest absolute Gasteiger partial charge is 0.378 e. The highest BCUT2D eigenvalue weighted by Gasteiger charge is 2.36. The zero-order valence-electron chi connectivity index (χ0n) is 14.6. The van der Waals surface area contributed by atoms with E-state index >= 15 is 0 Å². The van der Waals surface area contributed by atoms with Crippen LogP contribution in [0, 0.1) is 10.1 Å². The minimum absolute atomic E-state index is 0.00737. The van der Waals surface area contributed by atoms with Crippen LogP contribution < -0.4 is 5.32 Å². The third-order valence-electron chi connectivity index (χ3n) is 4.65. The molecule has 10 heteroatoms. The topological polar surface area (TPSA) is 61.6 Å². The van der Waals surface area contributed by atoms with Gasteiger partial charge in [0, 0.05) is 44.8 Å². The zero-order valence-corrected chi connectivity index (χ0v) is 15.4. The highest BCUT2D eigenvalue weighted by molar-refractivity contribution is 6.31. The van der Waals surface area contributed by atoms with Crippen molar-refractivity contribution in [3.8, 4) is 0 Å². The summed E-state index contributed by atoms with van der Waals surface area (Å²) in [6.07, 6.45) is -4.74. The predicted octanol–water partition coefficient (Wildman–Crippen LogP) is 3.70. The lowest BCUT2D eigenvalue weighted by atomic mass is 10.1. The Hall–Kier alpha value is -1.58. The molecule has 0 spiro atoms. The van der Waals surface area contributed by atoms with Gasteiger partial charge in [-0.1, -0.05) is 18.5 Å². The van der Waals surface area contributed by atoms with Crippen LogP contribution in [0.2, 0.25) is 5.02 Å². The molecule has 1 saturated heterocycles. The molecule has 1 aromatic carbocycles. The number of alkyl halides is 3. The van der Waals surface area contributed by atoms with Crippen molar-refractivity contribution in [3.05, 3.63) is 32.8 Å². The van der Waals surface area contributed by atoms with Gasteiger partial charge in [0.25, 0.3) is 5.69 Å². The summed E-state index contributed by atoms with van der Waals surface area (Å²) in [5.74, 6) is 0. The van der Waals surface area contributed by atoms with E-state index < -0.39 is 27.4 Å². The molecule has 1 N–H and O–H groups in total. The highest BCUT2D eigenvalue weighted by atomic mass is 35.5. The van der Waals surface area contributed by atoms with Gasteiger partial charge in [0.1, 0.15) is 5.69 Å². The summed E-state index contributed by atoms with van der Waals surface area (Å²) in [5, 5.41) is 13.5. The Balaban J connectivity index is 2.09. The van der Waals surface area contributed by atoms with E-state index in [-0.39, 0.29) is 11.7 Å². The van der Waals surface area contributed by atoms with E-state index in [1.165, 1.54) is 0 Å². The molecule has 1 heterocycles. The van der Waals surface area contributed by atoms with Crippen molar-refractivity contribution in [2.75, 3.05) is 44.6 Å². The molecular formula is C16H22ClF3N4O2. The third kappa shape index (κ3) is 4.99.